The van der Waals surface area contributed by atoms with Crippen molar-refractivity contribution in [1.82, 2.24) is 15.0 Å². The predicted molar refractivity (Wildman–Crippen MR) is 268 cm³/mol. The number of rotatable bonds is 7. The highest BCUT2D eigenvalue weighted by Gasteiger charge is 2.18. The van der Waals surface area contributed by atoms with Crippen molar-refractivity contribution in [3.05, 3.63) is 237 Å². The van der Waals surface area contributed by atoms with Crippen LogP contribution in [-0.4, -0.2) is 15.0 Å². The Hall–Kier alpha value is -8.53. The van der Waals surface area contributed by atoms with Crippen LogP contribution in [0.1, 0.15) is 0 Å². The van der Waals surface area contributed by atoms with Crippen molar-refractivity contribution in [2.24, 2.45) is 0 Å². The van der Waals surface area contributed by atoms with Crippen molar-refractivity contribution >= 4 is 43.2 Å². The third-order valence-electron chi connectivity index (χ3n) is 12.5. The molecule has 0 fully saturated rings. The third-order valence-corrected chi connectivity index (χ3v) is 12.5. The van der Waals surface area contributed by atoms with Crippen molar-refractivity contribution in [2.45, 2.75) is 0 Å². The van der Waals surface area contributed by atoms with Gasteiger partial charge in [-0.2, -0.15) is 0 Å². The van der Waals surface area contributed by atoms with Crippen LogP contribution >= 0.6 is 0 Å². The Morgan fingerprint density at radius 2 is 0.562 bits per heavy atom. The van der Waals surface area contributed by atoms with Crippen LogP contribution in [-0.2, 0) is 0 Å². The van der Waals surface area contributed by atoms with Gasteiger partial charge in [0, 0.05) is 38.4 Å². The molecule has 0 saturated heterocycles. The average Bonchev–Trinajstić information content (AvgIpc) is 3.39. The maximum absolute atomic E-state index is 5.36. The molecule has 2 heterocycles. The van der Waals surface area contributed by atoms with Crippen LogP contribution in [0.2, 0.25) is 0 Å². The molecule has 0 bridgehead atoms. The number of fused-ring (bicyclic) bond motifs is 8. The number of hydrogen-bond acceptors (Lipinski definition) is 3. The molecule has 0 radical (unpaired) electrons. The molecule has 12 aromatic rings. The third kappa shape index (κ3) is 6.68. The Morgan fingerprint density at radius 1 is 0.219 bits per heavy atom. The van der Waals surface area contributed by atoms with Crippen molar-refractivity contribution in [1.29, 1.82) is 0 Å². The van der Waals surface area contributed by atoms with Gasteiger partial charge in [0.1, 0.15) is 0 Å². The summed E-state index contributed by atoms with van der Waals surface area (Å²) in [5.41, 5.74) is 14.8. The van der Waals surface area contributed by atoms with Crippen LogP contribution in [0.15, 0.2) is 237 Å². The molecular weight excluding hydrogens is 775 g/mol. The van der Waals surface area contributed by atoms with E-state index in [4.69, 9.17) is 15.0 Å². The summed E-state index contributed by atoms with van der Waals surface area (Å²) in [6.45, 7) is 0. The highest BCUT2D eigenvalue weighted by Crippen LogP contribution is 2.43. The van der Waals surface area contributed by atoms with E-state index in [1.807, 2.05) is 12.1 Å². The lowest BCUT2D eigenvalue weighted by Crippen LogP contribution is -1.96. The van der Waals surface area contributed by atoms with Crippen LogP contribution in [0.4, 0.5) is 0 Å². The first-order chi connectivity index (χ1) is 31.7. The molecule has 12 rings (SSSR count). The minimum atomic E-state index is 0.689. The molecule has 0 aliphatic rings. The van der Waals surface area contributed by atoms with Crippen LogP contribution in [0, 0.1) is 0 Å². The van der Waals surface area contributed by atoms with Gasteiger partial charge in [0.25, 0.3) is 0 Å². The van der Waals surface area contributed by atoms with Crippen molar-refractivity contribution in [3.8, 4) is 78.5 Å². The van der Waals surface area contributed by atoms with Gasteiger partial charge in [0.2, 0.25) is 0 Å². The average molecular weight is 814 g/mol. The maximum atomic E-state index is 5.36. The first-order valence-corrected chi connectivity index (χ1v) is 21.8. The normalized spacial score (nSPS) is 11.4. The van der Waals surface area contributed by atoms with Gasteiger partial charge in [0.15, 0.2) is 5.82 Å². The molecule has 0 amide bonds. The predicted octanol–water partition coefficient (Wildman–Crippen LogP) is 16.2. The molecular formula is C61H39N3. The molecule has 0 atom stereocenters. The van der Waals surface area contributed by atoms with Crippen LogP contribution in [0.5, 0.6) is 0 Å². The molecule has 298 valence electrons. The molecule has 0 aliphatic heterocycles. The lowest BCUT2D eigenvalue weighted by molar-refractivity contribution is 1.18. The van der Waals surface area contributed by atoms with Gasteiger partial charge in [0.05, 0.1) is 22.6 Å². The van der Waals surface area contributed by atoms with Crippen molar-refractivity contribution in [3.63, 3.8) is 0 Å². The molecule has 0 aliphatic carbocycles. The Bertz CT molecular complexity index is 3560. The summed E-state index contributed by atoms with van der Waals surface area (Å²) >= 11 is 0. The molecule has 0 saturated carbocycles. The largest absolute Gasteiger partial charge is 0.247 e. The van der Waals surface area contributed by atoms with Gasteiger partial charge in [-0.05, 0) is 67.1 Å². The van der Waals surface area contributed by atoms with Gasteiger partial charge in [-0.25, -0.2) is 15.0 Å². The second-order valence-electron chi connectivity index (χ2n) is 16.3. The second kappa shape index (κ2) is 15.7. The van der Waals surface area contributed by atoms with E-state index in [9.17, 15) is 0 Å². The first kappa shape index (κ1) is 37.2. The van der Waals surface area contributed by atoms with E-state index in [-0.39, 0.29) is 0 Å². The summed E-state index contributed by atoms with van der Waals surface area (Å²) in [5.74, 6) is 0.689. The maximum Gasteiger partial charge on any atom is 0.160 e. The second-order valence-corrected chi connectivity index (χ2v) is 16.3. The van der Waals surface area contributed by atoms with E-state index in [1.165, 1.54) is 54.4 Å². The fourth-order valence-corrected chi connectivity index (χ4v) is 9.27. The standard InChI is InChI=1S/C61H39N3/c1-3-13-40(14-4-1)42-23-31-46(32-24-42)56-39-57(64-61(63-56)49-37-29-43(30-38-49)41-15-5-2-6-16-41)47-33-25-44(26-34-47)45-27-35-48(36-28-45)60-59-53-20-10-8-18-51(53)50-17-7-9-19-52(50)58(59)54-21-11-12-22-55(54)62-60/h1-39H. The lowest BCUT2D eigenvalue weighted by Gasteiger charge is -2.16. The number of aromatic nitrogens is 3. The van der Waals surface area contributed by atoms with E-state index in [0.29, 0.717) is 5.82 Å². The summed E-state index contributed by atoms with van der Waals surface area (Å²) in [6.07, 6.45) is 0. The summed E-state index contributed by atoms with van der Waals surface area (Å²) in [6, 6.07) is 83.9. The lowest BCUT2D eigenvalue weighted by atomic mass is 9.89. The smallest absolute Gasteiger partial charge is 0.160 e. The van der Waals surface area contributed by atoms with Gasteiger partial charge in [-0.3, -0.25) is 0 Å². The SMILES string of the molecule is c1ccc(-c2ccc(-c3cc(-c4ccc(-c5ccc(-c6nc7ccccc7c7c8ccccc8c8ccccc8c67)cc5)cc4)nc(-c4ccc(-c5ccccc5)cc4)n3)cc2)cc1. The van der Waals surface area contributed by atoms with E-state index in [2.05, 4.69) is 224 Å². The van der Waals surface area contributed by atoms with Gasteiger partial charge in [-0.15, -0.1) is 0 Å². The highest BCUT2D eigenvalue weighted by atomic mass is 14.9. The first-order valence-electron chi connectivity index (χ1n) is 21.8. The number of hydrogen-bond donors (Lipinski definition) is 0. The fraction of sp³-hybridized carbons (Fsp3) is 0. The minimum Gasteiger partial charge on any atom is -0.247 e. The molecule has 3 heteroatoms. The zero-order chi connectivity index (χ0) is 42.4. The van der Waals surface area contributed by atoms with E-state index in [1.54, 1.807) is 0 Å². The van der Waals surface area contributed by atoms with E-state index >= 15 is 0 Å². The highest BCUT2D eigenvalue weighted by molar-refractivity contribution is 6.33. The number of nitrogens with zero attached hydrogens (tertiary/aromatic N) is 3. The van der Waals surface area contributed by atoms with Gasteiger partial charge >= 0.3 is 0 Å². The molecule has 10 aromatic carbocycles. The molecule has 0 N–H and O–H groups in total. The number of pyridine rings is 1. The monoisotopic (exact) mass is 813 g/mol. The van der Waals surface area contributed by atoms with Crippen LogP contribution in [0.25, 0.3) is 122 Å². The Balaban J connectivity index is 0.913. The Morgan fingerprint density at radius 3 is 1.05 bits per heavy atom. The van der Waals surface area contributed by atoms with Gasteiger partial charge in [-0.1, -0.05) is 224 Å². The van der Waals surface area contributed by atoms with Crippen molar-refractivity contribution < 1.29 is 0 Å². The summed E-state index contributed by atoms with van der Waals surface area (Å²) in [7, 11) is 0. The summed E-state index contributed by atoms with van der Waals surface area (Å²) < 4.78 is 0. The molecule has 2 aromatic heterocycles. The summed E-state index contributed by atoms with van der Waals surface area (Å²) in [5, 5.41) is 8.57. The minimum absolute atomic E-state index is 0.689. The zero-order valence-corrected chi connectivity index (χ0v) is 34.9. The fourth-order valence-electron chi connectivity index (χ4n) is 9.27. The van der Waals surface area contributed by atoms with Crippen molar-refractivity contribution in [2.75, 3.05) is 0 Å². The molecule has 64 heavy (non-hydrogen) atoms. The number of para-hydroxylation sites is 1. The molecule has 0 unspecified atom stereocenters. The molecule has 0 spiro atoms. The summed E-state index contributed by atoms with van der Waals surface area (Å²) in [4.78, 5) is 15.7. The van der Waals surface area contributed by atoms with Crippen LogP contribution < -0.4 is 0 Å². The quantitative estimate of drug-likeness (QED) is 0.150. The Kier molecular flexibility index (Phi) is 9.16. The van der Waals surface area contributed by atoms with Crippen LogP contribution in [0.3, 0.4) is 0 Å². The van der Waals surface area contributed by atoms with Gasteiger partial charge < -0.3 is 0 Å². The molecule has 3 nitrogen and oxygen atoms in total. The zero-order valence-electron chi connectivity index (χ0n) is 34.9. The Labute approximate surface area is 371 Å². The van der Waals surface area contributed by atoms with E-state index < -0.39 is 0 Å². The number of benzene rings is 10. The topological polar surface area (TPSA) is 38.7 Å². The van der Waals surface area contributed by atoms with E-state index in [0.717, 1.165) is 61.5 Å².